The molecule has 70 valence electrons. The number of hydrogen-bond donors (Lipinski definition) is 1. The van der Waals surface area contributed by atoms with Gasteiger partial charge < -0.3 is 10.2 Å². The molecule has 0 atom stereocenters. The monoisotopic (exact) mass is 178 g/mol. The number of nitrogens with zero attached hydrogens (tertiary/aromatic N) is 1. The van der Waals surface area contributed by atoms with Gasteiger partial charge in [0, 0.05) is 25.5 Å². The van der Waals surface area contributed by atoms with Crippen LogP contribution in [0.1, 0.15) is 5.56 Å². The van der Waals surface area contributed by atoms with E-state index in [4.69, 9.17) is 0 Å². The SMILES string of the molecule is Cc1ccc(N(C)C)cc1NC=O. The predicted octanol–water partition coefficient (Wildman–Crippen LogP) is 1.63. The molecule has 1 amide bonds. The van der Waals surface area contributed by atoms with E-state index in [0.29, 0.717) is 6.41 Å². The van der Waals surface area contributed by atoms with E-state index in [1.54, 1.807) is 0 Å². The van der Waals surface area contributed by atoms with Crippen molar-refractivity contribution in [3.05, 3.63) is 23.8 Å². The summed E-state index contributed by atoms with van der Waals surface area (Å²) in [7, 11) is 3.94. The summed E-state index contributed by atoms with van der Waals surface area (Å²) < 4.78 is 0. The maximum Gasteiger partial charge on any atom is 0.211 e. The van der Waals surface area contributed by atoms with E-state index in [1.165, 1.54) is 0 Å². The van der Waals surface area contributed by atoms with Gasteiger partial charge in [0.15, 0.2) is 0 Å². The molecule has 0 spiro atoms. The van der Waals surface area contributed by atoms with E-state index in [2.05, 4.69) is 5.32 Å². The standard InChI is InChI=1S/C10H14N2O/c1-8-4-5-9(12(2)3)6-10(8)11-7-13/h4-7H,1-3H3,(H,11,13). The van der Waals surface area contributed by atoms with Crippen molar-refractivity contribution in [1.82, 2.24) is 0 Å². The zero-order valence-electron chi connectivity index (χ0n) is 8.16. The maximum absolute atomic E-state index is 10.3. The van der Waals surface area contributed by atoms with Crippen LogP contribution in [0.15, 0.2) is 18.2 Å². The van der Waals surface area contributed by atoms with Crippen molar-refractivity contribution >= 4 is 17.8 Å². The molecule has 0 aliphatic heterocycles. The molecular formula is C10H14N2O. The lowest BCUT2D eigenvalue weighted by atomic mass is 10.2. The topological polar surface area (TPSA) is 32.3 Å². The third-order valence-corrected chi connectivity index (χ3v) is 1.95. The first-order chi connectivity index (χ1) is 6.15. The van der Waals surface area contributed by atoms with E-state index < -0.39 is 0 Å². The van der Waals surface area contributed by atoms with Gasteiger partial charge in [0.25, 0.3) is 0 Å². The van der Waals surface area contributed by atoms with Crippen LogP contribution in [0.3, 0.4) is 0 Å². The predicted molar refractivity (Wildman–Crippen MR) is 55.2 cm³/mol. The molecule has 0 saturated carbocycles. The second-order valence-corrected chi connectivity index (χ2v) is 3.16. The molecule has 0 heterocycles. The Labute approximate surface area is 78.4 Å². The van der Waals surface area contributed by atoms with E-state index in [0.717, 1.165) is 16.9 Å². The summed E-state index contributed by atoms with van der Waals surface area (Å²) in [5.41, 5.74) is 3.01. The quantitative estimate of drug-likeness (QED) is 0.713. The molecule has 0 unspecified atom stereocenters. The number of carbonyl (C=O) groups excluding carboxylic acids is 1. The van der Waals surface area contributed by atoms with Crippen molar-refractivity contribution in [3.8, 4) is 0 Å². The molecule has 0 aromatic heterocycles. The molecule has 3 heteroatoms. The molecule has 0 radical (unpaired) electrons. The Bertz CT molecular complexity index is 308. The minimum atomic E-state index is 0.696. The van der Waals surface area contributed by atoms with Gasteiger partial charge in [-0.05, 0) is 24.6 Å². The molecule has 0 fully saturated rings. The summed E-state index contributed by atoms with van der Waals surface area (Å²) >= 11 is 0. The fraction of sp³-hybridized carbons (Fsp3) is 0.300. The van der Waals surface area contributed by atoms with E-state index in [1.807, 2.05) is 44.1 Å². The van der Waals surface area contributed by atoms with Crippen molar-refractivity contribution in [1.29, 1.82) is 0 Å². The first-order valence-electron chi connectivity index (χ1n) is 4.13. The van der Waals surface area contributed by atoms with E-state index in [9.17, 15) is 4.79 Å². The number of carbonyl (C=O) groups is 1. The highest BCUT2D eigenvalue weighted by Crippen LogP contribution is 2.21. The Morgan fingerprint density at radius 2 is 2.08 bits per heavy atom. The Hall–Kier alpha value is -1.51. The molecular weight excluding hydrogens is 164 g/mol. The number of rotatable bonds is 3. The Morgan fingerprint density at radius 1 is 1.38 bits per heavy atom. The van der Waals surface area contributed by atoms with Crippen LogP contribution in [-0.4, -0.2) is 20.5 Å². The van der Waals surface area contributed by atoms with Gasteiger partial charge in [-0.3, -0.25) is 4.79 Å². The molecule has 3 nitrogen and oxygen atoms in total. The van der Waals surface area contributed by atoms with Gasteiger partial charge in [-0.1, -0.05) is 6.07 Å². The molecule has 1 aromatic carbocycles. The van der Waals surface area contributed by atoms with Gasteiger partial charge in [-0.25, -0.2) is 0 Å². The van der Waals surface area contributed by atoms with Gasteiger partial charge in [0.05, 0.1) is 0 Å². The summed E-state index contributed by atoms with van der Waals surface area (Å²) in [5, 5.41) is 2.66. The second-order valence-electron chi connectivity index (χ2n) is 3.16. The van der Waals surface area contributed by atoms with Crippen molar-refractivity contribution < 1.29 is 4.79 Å². The average molecular weight is 178 g/mol. The molecule has 13 heavy (non-hydrogen) atoms. The zero-order valence-corrected chi connectivity index (χ0v) is 8.16. The van der Waals surface area contributed by atoms with Crippen LogP contribution in [0.25, 0.3) is 0 Å². The number of benzene rings is 1. The fourth-order valence-electron chi connectivity index (χ4n) is 1.11. The molecule has 0 aliphatic rings. The third-order valence-electron chi connectivity index (χ3n) is 1.95. The summed E-state index contributed by atoms with van der Waals surface area (Å²) in [6.45, 7) is 1.96. The molecule has 0 aliphatic carbocycles. The summed E-state index contributed by atoms with van der Waals surface area (Å²) in [5.74, 6) is 0. The van der Waals surface area contributed by atoms with E-state index in [-0.39, 0.29) is 0 Å². The summed E-state index contributed by atoms with van der Waals surface area (Å²) in [4.78, 5) is 12.3. The van der Waals surface area contributed by atoms with Crippen LogP contribution in [0.5, 0.6) is 0 Å². The first-order valence-corrected chi connectivity index (χ1v) is 4.13. The normalized spacial score (nSPS) is 9.46. The minimum absolute atomic E-state index is 0.696. The summed E-state index contributed by atoms with van der Waals surface area (Å²) in [6.07, 6.45) is 0.696. The van der Waals surface area contributed by atoms with Crippen LogP contribution in [0.4, 0.5) is 11.4 Å². The Balaban J connectivity index is 3.03. The Morgan fingerprint density at radius 3 is 2.62 bits per heavy atom. The minimum Gasteiger partial charge on any atom is -0.378 e. The number of nitrogens with one attached hydrogen (secondary N) is 1. The highest BCUT2D eigenvalue weighted by molar-refractivity contribution is 5.75. The number of anilines is 2. The molecule has 1 N–H and O–H groups in total. The molecule has 1 rings (SSSR count). The average Bonchev–Trinajstić information content (AvgIpc) is 2.08. The Kier molecular flexibility index (Phi) is 2.90. The lowest BCUT2D eigenvalue weighted by Crippen LogP contribution is -2.09. The van der Waals surface area contributed by atoms with Crippen LogP contribution >= 0.6 is 0 Å². The van der Waals surface area contributed by atoms with Crippen molar-refractivity contribution in [2.45, 2.75) is 6.92 Å². The second kappa shape index (κ2) is 3.94. The van der Waals surface area contributed by atoms with Crippen molar-refractivity contribution in [2.24, 2.45) is 0 Å². The largest absolute Gasteiger partial charge is 0.378 e. The lowest BCUT2D eigenvalue weighted by Gasteiger charge is -2.14. The molecule has 0 saturated heterocycles. The van der Waals surface area contributed by atoms with Crippen LogP contribution in [0.2, 0.25) is 0 Å². The first kappa shape index (κ1) is 9.58. The van der Waals surface area contributed by atoms with Gasteiger partial charge in [0.2, 0.25) is 6.41 Å². The highest BCUT2D eigenvalue weighted by Gasteiger charge is 2.00. The maximum atomic E-state index is 10.3. The zero-order chi connectivity index (χ0) is 9.84. The third kappa shape index (κ3) is 2.21. The molecule has 1 aromatic rings. The van der Waals surface area contributed by atoms with Gasteiger partial charge in [-0.15, -0.1) is 0 Å². The summed E-state index contributed by atoms with van der Waals surface area (Å²) in [6, 6.07) is 5.95. The lowest BCUT2D eigenvalue weighted by molar-refractivity contribution is -0.105. The van der Waals surface area contributed by atoms with Gasteiger partial charge in [0.1, 0.15) is 0 Å². The van der Waals surface area contributed by atoms with Gasteiger partial charge >= 0.3 is 0 Å². The van der Waals surface area contributed by atoms with Crippen LogP contribution in [-0.2, 0) is 4.79 Å². The van der Waals surface area contributed by atoms with Crippen LogP contribution < -0.4 is 10.2 Å². The number of amides is 1. The highest BCUT2D eigenvalue weighted by atomic mass is 16.1. The fourth-order valence-corrected chi connectivity index (χ4v) is 1.11. The molecule has 0 bridgehead atoms. The number of aryl methyl sites for hydroxylation is 1. The van der Waals surface area contributed by atoms with Crippen molar-refractivity contribution in [3.63, 3.8) is 0 Å². The van der Waals surface area contributed by atoms with Crippen LogP contribution in [0, 0.1) is 6.92 Å². The van der Waals surface area contributed by atoms with E-state index >= 15 is 0 Å². The smallest absolute Gasteiger partial charge is 0.211 e. The number of hydrogen-bond acceptors (Lipinski definition) is 2. The van der Waals surface area contributed by atoms with Gasteiger partial charge in [-0.2, -0.15) is 0 Å². The van der Waals surface area contributed by atoms with Crippen molar-refractivity contribution in [2.75, 3.05) is 24.3 Å².